The van der Waals surface area contributed by atoms with Crippen LogP contribution >= 0.6 is 11.3 Å². The molecule has 1 aromatic rings. The van der Waals surface area contributed by atoms with Crippen molar-refractivity contribution in [1.82, 2.24) is 10.3 Å². The van der Waals surface area contributed by atoms with Gasteiger partial charge in [0, 0.05) is 25.1 Å². The SMILES string of the molecule is CCNc1nc(N)c(C(=O)NCC(C)(C)CO)s1. The molecule has 0 aliphatic carbocycles. The fraction of sp³-hybridized carbons (Fsp3) is 0.636. The van der Waals surface area contributed by atoms with Gasteiger partial charge in [-0.25, -0.2) is 4.98 Å². The molecule has 18 heavy (non-hydrogen) atoms. The third kappa shape index (κ3) is 3.85. The number of hydrogen-bond acceptors (Lipinski definition) is 6. The molecule has 0 saturated carbocycles. The Morgan fingerprint density at radius 1 is 1.56 bits per heavy atom. The van der Waals surface area contributed by atoms with Crippen LogP contribution < -0.4 is 16.4 Å². The average molecular weight is 272 g/mol. The Balaban J connectivity index is 2.67. The van der Waals surface area contributed by atoms with E-state index < -0.39 is 0 Å². The maximum atomic E-state index is 11.9. The lowest BCUT2D eigenvalue weighted by Gasteiger charge is -2.21. The van der Waals surface area contributed by atoms with Crippen LogP contribution in [0.5, 0.6) is 0 Å². The molecule has 5 N–H and O–H groups in total. The van der Waals surface area contributed by atoms with Crippen LogP contribution in [-0.2, 0) is 0 Å². The van der Waals surface area contributed by atoms with E-state index >= 15 is 0 Å². The van der Waals surface area contributed by atoms with E-state index in [0.29, 0.717) is 16.6 Å². The van der Waals surface area contributed by atoms with Crippen molar-refractivity contribution in [3.63, 3.8) is 0 Å². The van der Waals surface area contributed by atoms with Gasteiger partial charge < -0.3 is 21.5 Å². The van der Waals surface area contributed by atoms with Crippen molar-refractivity contribution >= 4 is 28.2 Å². The smallest absolute Gasteiger partial charge is 0.265 e. The van der Waals surface area contributed by atoms with Crippen molar-refractivity contribution in [1.29, 1.82) is 0 Å². The number of carbonyl (C=O) groups is 1. The maximum absolute atomic E-state index is 11.9. The highest BCUT2D eigenvalue weighted by Crippen LogP contribution is 2.24. The first-order chi connectivity index (χ1) is 8.39. The molecule has 0 fully saturated rings. The highest BCUT2D eigenvalue weighted by molar-refractivity contribution is 7.18. The molecule has 7 heteroatoms. The topological polar surface area (TPSA) is 100 Å². The molecule has 0 aliphatic heterocycles. The molecule has 102 valence electrons. The number of thiazole rings is 1. The number of nitrogens with two attached hydrogens (primary N) is 1. The highest BCUT2D eigenvalue weighted by Gasteiger charge is 2.20. The molecular weight excluding hydrogens is 252 g/mol. The summed E-state index contributed by atoms with van der Waals surface area (Å²) in [6.45, 7) is 6.80. The third-order valence-corrected chi connectivity index (χ3v) is 3.37. The van der Waals surface area contributed by atoms with Crippen LogP contribution in [-0.4, -0.2) is 35.7 Å². The average Bonchev–Trinajstić information content (AvgIpc) is 2.68. The number of nitrogens with zero attached hydrogens (tertiary/aromatic N) is 1. The van der Waals surface area contributed by atoms with Crippen LogP contribution in [0.2, 0.25) is 0 Å². The minimum absolute atomic E-state index is 0.00803. The zero-order valence-electron chi connectivity index (χ0n) is 10.9. The van der Waals surface area contributed by atoms with E-state index in [1.807, 2.05) is 20.8 Å². The summed E-state index contributed by atoms with van der Waals surface area (Å²) in [5.74, 6) is -0.0223. The summed E-state index contributed by atoms with van der Waals surface area (Å²) in [5, 5.41) is 15.5. The van der Waals surface area contributed by atoms with Crippen molar-refractivity contribution in [3.05, 3.63) is 4.88 Å². The zero-order valence-corrected chi connectivity index (χ0v) is 11.7. The second-order valence-corrected chi connectivity index (χ2v) is 5.77. The van der Waals surface area contributed by atoms with Gasteiger partial charge in [-0.1, -0.05) is 25.2 Å². The molecule has 0 bridgehead atoms. The normalized spacial score (nSPS) is 11.3. The van der Waals surface area contributed by atoms with Crippen molar-refractivity contribution in [2.45, 2.75) is 20.8 Å². The van der Waals surface area contributed by atoms with Crippen LogP contribution in [0, 0.1) is 5.41 Å². The number of aliphatic hydroxyl groups is 1. The second-order valence-electron chi connectivity index (χ2n) is 4.77. The van der Waals surface area contributed by atoms with E-state index in [-0.39, 0.29) is 23.7 Å². The number of hydrogen-bond donors (Lipinski definition) is 4. The van der Waals surface area contributed by atoms with Gasteiger partial charge >= 0.3 is 0 Å². The highest BCUT2D eigenvalue weighted by atomic mass is 32.1. The number of anilines is 2. The zero-order chi connectivity index (χ0) is 13.8. The number of nitrogen functional groups attached to an aromatic ring is 1. The number of rotatable bonds is 6. The molecule has 0 spiro atoms. The fourth-order valence-electron chi connectivity index (χ4n) is 1.18. The van der Waals surface area contributed by atoms with E-state index in [1.165, 1.54) is 11.3 Å². The van der Waals surface area contributed by atoms with Gasteiger partial charge in [-0.15, -0.1) is 0 Å². The van der Waals surface area contributed by atoms with Crippen molar-refractivity contribution < 1.29 is 9.90 Å². The Morgan fingerprint density at radius 3 is 2.78 bits per heavy atom. The lowest BCUT2D eigenvalue weighted by Crippen LogP contribution is -2.36. The molecule has 1 amide bonds. The number of carbonyl (C=O) groups excluding carboxylic acids is 1. The lowest BCUT2D eigenvalue weighted by atomic mass is 9.95. The van der Waals surface area contributed by atoms with Gasteiger partial charge in [-0.05, 0) is 6.92 Å². The van der Waals surface area contributed by atoms with E-state index in [0.717, 1.165) is 6.54 Å². The Kier molecular flexibility index (Phi) is 4.92. The molecule has 1 heterocycles. The number of aromatic nitrogens is 1. The van der Waals surface area contributed by atoms with Crippen molar-refractivity contribution in [2.24, 2.45) is 5.41 Å². The molecule has 0 atom stereocenters. The van der Waals surface area contributed by atoms with Gasteiger partial charge in [0.15, 0.2) is 5.13 Å². The Morgan fingerprint density at radius 2 is 2.22 bits per heavy atom. The lowest BCUT2D eigenvalue weighted by molar-refractivity contribution is 0.0915. The number of nitrogens with one attached hydrogen (secondary N) is 2. The number of amides is 1. The van der Waals surface area contributed by atoms with Gasteiger partial charge in [0.25, 0.3) is 5.91 Å². The number of aliphatic hydroxyl groups excluding tert-OH is 1. The summed E-state index contributed by atoms with van der Waals surface area (Å²) >= 11 is 1.23. The summed E-state index contributed by atoms with van der Waals surface area (Å²) in [6.07, 6.45) is 0. The van der Waals surface area contributed by atoms with Crippen LogP contribution in [0.4, 0.5) is 10.9 Å². The minimum Gasteiger partial charge on any atom is -0.396 e. The monoisotopic (exact) mass is 272 g/mol. The quantitative estimate of drug-likeness (QED) is 0.616. The Bertz CT molecular complexity index is 417. The van der Waals surface area contributed by atoms with Crippen LogP contribution in [0.3, 0.4) is 0 Å². The van der Waals surface area contributed by atoms with Crippen molar-refractivity contribution in [2.75, 3.05) is 30.7 Å². The molecule has 1 rings (SSSR count). The van der Waals surface area contributed by atoms with Crippen LogP contribution in [0.15, 0.2) is 0 Å². The Hall–Kier alpha value is -1.34. The van der Waals surface area contributed by atoms with Gasteiger partial charge in [0.1, 0.15) is 10.7 Å². The first kappa shape index (κ1) is 14.7. The van der Waals surface area contributed by atoms with Gasteiger partial charge in [-0.2, -0.15) is 0 Å². The maximum Gasteiger partial charge on any atom is 0.265 e. The predicted molar refractivity (Wildman–Crippen MR) is 73.9 cm³/mol. The summed E-state index contributed by atoms with van der Waals surface area (Å²) in [5.41, 5.74) is 5.35. The molecule has 0 aromatic carbocycles. The molecule has 0 radical (unpaired) electrons. The second kappa shape index (κ2) is 6.01. The van der Waals surface area contributed by atoms with Crippen LogP contribution in [0.25, 0.3) is 0 Å². The standard InChI is InChI=1S/C11H20N4O2S/c1-4-13-10-15-8(12)7(18-10)9(17)14-5-11(2,3)6-16/h16H,4-6,12H2,1-3H3,(H,13,15)(H,14,17). The van der Waals surface area contributed by atoms with E-state index in [4.69, 9.17) is 10.8 Å². The largest absolute Gasteiger partial charge is 0.396 e. The molecule has 1 aromatic heterocycles. The molecule has 0 aliphatic rings. The fourth-order valence-corrected chi connectivity index (χ4v) is 2.05. The molecule has 6 nitrogen and oxygen atoms in total. The van der Waals surface area contributed by atoms with Crippen LogP contribution in [0.1, 0.15) is 30.4 Å². The summed E-state index contributed by atoms with van der Waals surface area (Å²) in [6, 6.07) is 0. The first-order valence-corrected chi connectivity index (χ1v) is 6.60. The third-order valence-electron chi connectivity index (χ3n) is 2.34. The summed E-state index contributed by atoms with van der Waals surface area (Å²) in [7, 11) is 0. The molecule has 0 unspecified atom stereocenters. The summed E-state index contributed by atoms with van der Waals surface area (Å²) < 4.78 is 0. The minimum atomic E-state index is -0.348. The first-order valence-electron chi connectivity index (χ1n) is 5.79. The van der Waals surface area contributed by atoms with Gasteiger partial charge in [0.05, 0.1) is 0 Å². The van der Waals surface area contributed by atoms with E-state index in [2.05, 4.69) is 15.6 Å². The van der Waals surface area contributed by atoms with E-state index in [1.54, 1.807) is 0 Å². The van der Waals surface area contributed by atoms with Gasteiger partial charge in [-0.3, -0.25) is 4.79 Å². The van der Waals surface area contributed by atoms with E-state index in [9.17, 15) is 4.79 Å². The molecular formula is C11H20N4O2S. The van der Waals surface area contributed by atoms with Gasteiger partial charge in [0.2, 0.25) is 0 Å². The summed E-state index contributed by atoms with van der Waals surface area (Å²) in [4.78, 5) is 16.4. The predicted octanol–water partition coefficient (Wildman–Crippen LogP) is 0.905. The van der Waals surface area contributed by atoms with Crippen molar-refractivity contribution in [3.8, 4) is 0 Å². The molecule has 0 saturated heterocycles. The Labute approximate surface area is 111 Å².